The number of rotatable bonds is 8. The molecule has 2 N–H and O–H groups in total. The third-order valence-electron chi connectivity index (χ3n) is 5.46. The minimum Gasteiger partial charge on any atom is -0.478 e. The highest BCUT2D eigenvalue weighted by molar-refractivity contribution is 5.95. The molecule has 3 rings (SSSR count). The highest BCUT2D eigenvalue weighted by Gasteiger charge is 2.29. The second-order valence-electron chi connectivity index (χ2n) is 8.52. The normalized spacial score (nSPS) is 11.1. The maximum atomic E-state index is 12.6. The lowest BCUT2D eigenvalue weighted by molar-refractivity contribution is -0.152. The molecular weight excluding hydrogens is 418 g/mol. The summed E-state index contributed by atoms with van der Waals surface area (Å²) in [6.07, 6.45) is 0. The summed E-state index contributed by atoms with van der Waals surface area (Å²) in [5.41, 5.74) is 3.07. The second-order valence-corrected chi connectivity index (χ2v) is 8.52. The Bertz CT molecular complexity index is 1180. The molecule has 0 atom stereocenters. The molecular formula is C27H29NO5. The molecule has 0 unspecified atom stereocenters. The fourth-order valence-corrected chi connectivity index (χ4v) is 3.25. The lowest BCUT2D eigenvalue weighted by atomic mass is 10.0. The molecule has 0 aliphatic carbocycles. The predicted molar refractivity (Wildman–Crippen MR) is 127 cm³/mol. The van der Waals surface area contributed by atoms with Crippen molar-refractivity contribution in [1.29, 1.82) is 0 Å². The molecule has 0 fully saturated rings. The number of carbonyl (C=O) groups excluding carboxylic acids is 1. The molecule has 0 heterocycles. The number of hydrogen-bond acceptors (Lipinski definition) is 4. The molecule has 0 aliphatic heterocycles. The monoisotopic (exact) mass is 447 g/mol. The Kier molecular flexibility index (Phi) is 7.07. The summed E-state index contributed by atoms with van der Waals surface area (Å²) in [6.45, 7) is 9.15. The summed E-state index contributed by atoms with van der Waals surface area (Å²) in [5, 5.41) is 12.2. The Morgan fingerprint density at radius 2 is 1.61 bits per heavy atom. The molecule has 0 radical (unpaired) electrons. The predicted octanol–water partition coefficient (Wildman–Crippen LogP) is 5.58. The van der Waals surface area contributed by atoms with Crippen molar-refractivity contribution < 1.29 is 24.2 Å². The first kappa shape index (κ1) is 23.9. The number of ether oxygens (including phenoxy) is 2. The van der Waals surface area contributed by atoms with Crippen LogP contribution in [0.25, 0.3) is 0 Å². The maximum absolute atomic E-state index is 12.6. The molecule has 6 nitrogen and oxygen atoms in total. The fourth-order valence-electron chi connectivity index (χ4n) is 3.25. The van der Waals surface area contributed by atoms with Crippen molar-refractivity contribution in [3.05, 3.63) is 88.5 Å². The number of hydrogen-bond donors (Lipinski definition) is 2. The van der Waals surface area contributed by atoms with E-state index < -0.39 is 11.6 Å². The highest BCUT2D eigenvalue weighted by atomic mass is 16.5. The molecule has 33 heavy (non-hydrogen) atoms. The van der Waals surface area contributed by atoms with Crippen LogP contribution in [0.15, 0.2) is 60.7 Å². The third-order valence-corrected chi connectivity index (χ3v) is 5.46. The summed E-state index contributed by atoms with van der Waals surface area (Å²) in [7, 11) is 0. The SMILES string of the molecule is Cc1cc(Oc2cccc(CNC(=O)c3cccc(C)c3C)c2)ccc1OC(C)(C)C(=O)O. The number of benzene rings is 3. The van der Waals surface area contributed by atoms with E-state index in [0.717, 1.165) is 22.3 Å². The fraction of sp³-hybridized carbons (Fsp3) is 0.259. The molecule has 3 aromatic carbocycles. The van der Waals surface area contributed by atoms with E-state index in [1.54, 1.807) is 18.2 Å². The summed E-state index contributed by atoms with van der Waals surface area (Å²) < 4.78 is 11.6. The largest absolute Gasteiger partial charge is 0.478 e. The van der Waals surface area contributed by atoms with E-state index in [9.17, 15) is 14.7 Å². The van der Waals surface area contributed by atoms with Gasteiger partial charge in [-0.1, -0.05) is 24.3 Å². The van der Waals surface area contributed by atoms with E-state index >= 15 is 0 Å². The van der Waals surface area contributed by atoms with Crippen molar-refractivity contribution in [2.24, 2.45) is 0 Å². The van der Waals surface area contributed by atoms with Crippen LogP contribution in [0.5, 0.6) is 17.2 Å². The van der Waals surface area contributed by atoms with E-state index in [1.807, 2.05) is 63.2 Å². The smallest absolute Gasteiger partial charge is 0.347 e. The van der Waals surface area contributed by atoms with Crippen LogP contribution in [0.4, 0.5) is 0 Å². The second kappa shape index (κ2) is 9.77. The topological polar surface area (TPSA) is 84.9 Å². The number of aryl methyl sites for hydroxylation is 2. The van der Waals surface area contributed by atoms with Gasteiger partial charge < -0.3 is 19.9 Å². The molecule has 0 bridgehead atoms. The highest BCUT2D eigenvalue weighted by Crippen LogP contribution is 2.30. The van der Waals surface area contributed by atoms with Crippen LogP contribution in [0.2, 0.25) is 0 Å². The zero-order valence-corrected chi connectivity index (χ0v) is 19.6. The van der Waals surface area contributed by atoms with Gasteiger partial charge in [0.1, 0.15) is 17.2 Å². The van der Waals surface area contributed by atoms with Gasteiger partial charge in [-0.15, -0.1) is 0 Å². The van der Waals surface area contributed by atoms with Crippen molar-refractivity contribution >= 4 is 11.9 Å². The number of nitrogens with one attached hydrogen (secondary N) is 1. The van der Waals surface area contributed by atoms with Crippen LogP contribution >= 0.6 is 0 Å². The van der Waals surface area contributed by atoms with Gasteiger partial charge in [0.2, 0.25) is 0 Å². The molecule has 1 amide bonds. The lowest BCUT2D eigenvalue weighted by Gasteiger charge is -2.23. The average molecular weight is 448 g/mol. The van der Waals surface area contributed by atoms with Gasteiger partial charge in [0.05, 0.1) is 0 Å². The minimum absolute atomic E-state index is 0.113. The van der Waals surface area contributed by atoms with Crippen molar-refractivity contribution in [2.45, 2.75) is 46.8 Å². The van der Waals surface area contributed by atoms with Crippen LogP contribution in [-0.2, 0) is 11.3 Å². The Hall–Kier alpha value is -3.80. The lowest BCUT2D eigenvalue weighted by Crippen LogP contribution is -2.38. The van der Waals surface area contributed by atoms with Crippen molar-refractivity contribution in [2.75, 3.05) is 0 Å². The molecule has 0 aliphatic rings. The van der Waals surface area contributed by atoms with E-state index in [4.69, 9.17) is 9.47 Å². The summed E-state index contributed by atoms with van der Waals surface area (Å²) >= 11 is 0. The summed E-state index contributed by atoms with van der Waals surface area (Å²) in [4.78, 5) is 23.9. The van der Waals surface area contributed by atoms with Gasteiger partial charge in [0.25, 0.3) is 5.91 Å². The molecule has 172 valence electrons. The van der Waals surface area contributed by atoms with Gasteiger partial charge in [-0.2, -0.15) is 0 Å². The van der Waals surface area contributed by atoms with Crippen LogP contribution in [-0.4, -0.2) is 22.6 Å². The van der Waals surface area contributed by atoms with Crippen LogP contribution in [0, 0.1) is 20.8 Å². The Balaban J connectivity index is 1.66. The number of carbonyl (C=O) groups is 2. The van der Waals surface area contributed by atoms with Gasteiger partial charge in [0.15, 0.2) is 5.60 Å². The Labute approximate surface area is 194 Å². The summed E-state index contributed by atoms with van der Waals surface area (Å²) in [5.74, 6) is 0.566. The van der Waals surface area contributed by atoms with Crippen LogP contribution in [0.3, 0.4) is 0 Å². The maximum Gasteiger partial charge on any atom is 0.347 e. The Morgan fingerprint density at radius 3 is 2.30 bits per heavy atom. The molecule has 0 saturated carbocycles. The zero-order valence-electron chi connectivity index (χ0n) is 19.6. The number of amides is 1. The van der Waals surface area contributed by atoms with E-state index in [0.29, 0.717) is 29.4 Å². The first-order valence-electron chi connectivity index (χ1n) is 10.7. The third kappa shape index (κ3) is 5.92. The number of carboxylic acids is 1. The van der Waals surface area contributed by atoms with E-state index in [2.05, 4.69) is 5.32 Å². The molecule has 3 aromatic rings. The molecule has 0 aromatic heterocycles. The first-order chi connectivity index (χ1) is 15.6. The van der Waals surface area contributed by atoms with Crippen LogP contribution in [0.1, 0.15) is 46.5 Å². The van der Waals surface area contributed by atoms with Crippen LogP contribution < -0.4 is 14.8 Å². The van der Waals surface area contributed by atoms with Crippen molar-refractivity contribution in [3.63, 3.8) is 0 Å². The van der Waals surface area contributed by atoms with E-state index in [1.165, 1.54) is 13.8 Å². The van der Waals surface area contributed by atoms with Gasteiger partial charge in [-0.25, -0.2) is 4.79 Å². The standard InChI is InChI=1S/C27H29NO5/c1-17-8-6-11-23(19(17)3)25(29)28-16-20-9-7-10-21(15-20)32-22-12-13-24(18(2)14-22)33-27(4,5)26(30)31/h6-15H,16H2,1-5H3,(H,28,29)(H,30,31). The zero-order chi connectivity index (χ0) is 24.2. The molecule has 6 heteroatoms. The molecule has 0 saturated heterocycles. The first-order valence-corrected chi connectivity index (χ1v) is 10.7. The number of carboxylic acid groups (broad SMARTS) is 1. The molecule has 0 spiro atoms. The number of aliphatic carboxylic acids is 1. The van der Waals surface area contributed by atoms with Crippen molar-refractivity contribution in [1.82, 2.24) is 5.32 Å². The quantitative estimate of drug-likeness (QED) is 0.471. The van der Waals surface area contributed by atoms with Gasteiger partial charge >= 0.3 is 5.97 Å². The van der Waals surface area contributed by atoms with Crippen molar-refractivity contribution in [3.8, 4) is 17.2 Å². The van der Waals surface area contributed by atoms with E-state index in [-0.39, 0.29) is 5.91 Å². The Morgan fingerprint density at radius 1 is 0.909 bits per heavy atom. The van der Waals surface area contributed by atoms with Gasteiger partial charge in [-0.3, -0.25) is 4.79 Å². The summed E-state index contributed by atoms with van der Waals surface area (Å²) in [6, 6.07) is 18.4. The average Bonchev–Trinajstić information content (AvgIpc) is 2.76. The minimum atomic E-state index is -1.33. The van der Waals surface area contributed by atoms with Gasteiger partial charge in [-0.05, 0) is 93.3 Å². The van der Waals surface area contributed by atoms with Gasteiger partial charge in [0, 0.05) is 12.1 Å².